The van der Waals surface area contributed by atoms with Crippen LogP contribution in [0.15, 0.2) is 66.7 Å². The van der Waals surface area contributed by atoms with E-state index in [-0.39, 0.29) is 18.6 Å². The molecule has 8 heteroatoms. The summed E-state index contributed by atoms with van der Waals surface area (Å²) in [6.45, 7) is 3.94. The smallest absolute Gasteiger partial charge is 0.221 e. The van der Waals surface area contributed by atoms with Gasteiger partial charge >= 0.3 is 0 Å². The lowest BCUT2D eigenvalue weighted by Gasteiger charge is -2.33. The quantitative estimate of drug-likeness (QED) is 0.361. The first-order valence-electron chi connectivity index (χ1n) is 12.0. The van der Waals surface area contributed by atoms with Gasteiger partial charge in [0.1, 0.15) is 30.3 Å². The second-order valence-electron chi connectivity index (χ2n) is 8.94. The summed E-state index contributed by atoms with van der Waals surface area (Å²) >= 11 is 12.0. The van der Waals surface area contributed by atoms with Crippen molar-refractivity contribution in [3.8, 4) is 22.6 Å². The Balaban J connectivity index is 1.20. The normalized spacial score (nSPS) is 15.3. The molecule has 0 aromatic heterocycles. The van der Waals surface area contributed by atoms with E-state index in [0.717, 1.165) is 48.5 Å². The summed E-state index contributed by atoms with van der Waals surface area (Å²) in [4.78, 5) is 13.5. The Morgan fingerprint density at radius 3 is 2.42 bits per heavy atom. The Morgan fingerprint density at radius 1 is 1.00 bits per heavy atom. The molecule has 2 N–H and O–H groups in total. The molecule has 0 saturated carbocycles. The number of hydrogen-bond acceptors (Lipinski definition) is 5. The van der Waals surface area contributed by atoms with Gasteiger partial charge in [0, 0.05) is 38.3 Å². The van der Waals surface area contributed by atoms with Gasteiger partial charge in [0.2, 0.25) is 5.91 Å². The minimum atomic E-state index is -0.591. The third-order valence-corrected chi connectivity index (χ3v) is 6.75. The molecule has 0 bridgehead atoms. The predicted molar refractivity (Wildman–Crippen MR) is 144 cm³/mol. The zero-order valence-corrected chi connectivity index (χ0v) is 21.6. The van der Waals surface area contributed by atoms with E-state index in [2.05, 4.69) is 10.2 Å². The maximum atomic E-state index is 11.3. The highest BCUT2D eigenvalue weighted by molar-refractivity contribution is 6.42. The van der Waals surface area contributed by atoms with Crippen LogP contribution in [-0.2, 0) is 4.79 Å². The molecular weight excluding hydrogens is 499 g/mol. The van der Waals surface area contributed by atoms with E-state index in [0.29, 0.717) is 22.3 Å². The third kappa shape index (κ3) is 7.61. The number of carbonyl (C=O) groups excluding carboxylic acids is 1. The van der Waals surface area contributed by atoms with E-state index in [1.165, 1.54) is 6.92 Å². The largest absolute Gasteiger partial charge is 0.491 e. The van der Waals surface area contributed by atoms with Crippen molar-refractivity contribution in [1.82, 2.24) is 4.90 Å². The summed E-state index contributed by atoms with van der Waals surface area (Å²) < 4.78 is 11.9. The maximum absolute atomic E-state index is 11.3. The minimum Gasteiger partial charge on any atom is -0.491 e. The van der Waals surface area contributed by atoms with E-state index in [9.17, 15) is 9.90 Å². The van der Waals surface area contributed by atoms with Crippen molar-refractivity contribution in [2.24, 2.45) is 0 Å². The van der Waals surface area contributed by atoms with Crippen molar-refractivity contribution in [1.29, 1.82) is 0 Å². The first-order valence-corrected chi connectivity index (χ1v) is 12.7. The molecule has 4 rings (SSSR count). The highest BCUT2D eigenvalue weighted by Crippen LogP contribution is 2.28. The van der Waals surface area contributed by atoms with Crippen LogP contribution < -0.4 is 14.8 Å². The maximum Gasteiger partial charge on any atom is 0.221 e. The fourth-order valence-corrected chi connectivity index (χ4v) is 4.51. The molecule has 1 aliphatic heterocycles. The van der Waals surface area contributed by atoms with E-state index in [1.54, 1.807) is 12.1 Å². The van der Waals surface area contributed by atoms with Gasteiger partial charge in [-0.25, -0.2) is 0 Å². The van der Waals surface area contributed by atoms with Gasteiger partial charge in [0.05, 0.1) is 10.0 Å². The molecule has 0 radical (unpaired) electrons. The molecule has 1 amide bonds. The molecule has 3 aromatic rings. The van der Waals surface area contributed by atoms with Gasteiger partial charge < -0.3 is 24.8 Å². The predicted octanol–water partition coefficient (Wildman–Crippen LogP) is 5.90. The van der Waals surface area contributed by atoms with Crippen LogP contribution in [0.3, 0.4) is 0 Å². The van der Waals surface area contributed by atoms with Crippen molar-refractivity contribution >= 4 is 34.8 Å². The first-order chi connectivity index (χ1) is 17.4. The molecular formula is C28H30Cl2N2O4. The number of hydrogen-bond donors (Lipinski definition) is 2. The molecule has 6 nitrogen and oxygen atoms in total. The number of carbonyl (C=O) groups is 1. The van der Waals surface area contributed by atoms with Gasteiger partial charge in [-0.1, -0.05) is 47.5 Å². The molecule has 1 saturated heterocycles. The lowest BCUT2D eigenvalue weighted by molar-refractivity contribution is -0.114. The second-order valence-corrected chi connectivity index (χ2v) is 9.76. The van der Waals surface area contributed by atoms with Crippen molar-refractivity contribution in [3.05, 3.63) is 76.8 Å². The molecule has 1 unspecified atom stereocenters. The molecule has 3 aromatic carbocycles. The molecule has 1 atom stereocenters. The van der Waals surface area contributed by atoms with E-state index < -0.39 is 6.10 Å². The Bertz CT molecular complexity index is 1160. The van der Waals surface area contributed by atoms with E-state index in [4.69, 9.17) is 32.7 Å². The minimum absolute atomic E-state index is 0.101. The Labute approximate surface area is 221 Å². The number of piperidine rings is 1. The topological polar surface area (TPSA) is 71.0 Å². The van der Waals surface area contributed by atoms with Gasteiger partial charge in [-0.05, 0) is 60.4 Å². The number of β-amino-alcohol motifs (C(OH)–C–C–N with tert-alkyl or cyclic N) is 1. The molecule has 1 fully saturated rings. The molecule has 0 aliphatic carbocycles. The highest BCUT2D eigenvalue weighted by Gasteiger charge is 2.22. The Morgan fingerprint density at radius 2 is 1.72 bits per heavy atom. The molecule has 1 heterocycles. The fourth-order valence-electron chi connectivity index (χ4n) is 4.22. The average molecular weight is 529 g/mol. The SMILES string of the molecule is CC(=O)Nc1cccc(-c2ccc(OCC(O)CN3CCC(Oc4ccc(Cl)c(Cl)c4)CC3)cc2)c1. The van der Waals surface area contributed by atoms with Crippen LogP contribution in [0.1, 0.15) is 19.8 Å². The summed E-state index contributed by atoms with van der Waals surface area (Å²) in [5, 5.41) is 14.3. The van der Waals surface area contributed by atoms with Crippen molar-refractivity contribution in [3.63, 3.8) is 0 Å². The van der Waals surface area contributed by atoms with Crippen LogP contribution in [0.5, 0.6) is 11.5 Å². The number of rotatable bonds is 9. The number of nitrogens with zero attached hydrogens (tertiary/aromatic N) is 1. The second kappa shape index (κ2) is 12.5. The van der Waals surface area contributed by atoms with Crippen molar-refractivity contribution in [2.45, 2.75) is 32.0 Å². The summed E-state index contributed by atoms with van der Waals surface area (Å²) in [7, 11) is 0. The van der Waals surface area contributed by atoms with Gasteiger partial charge in [-0.15, -0.1) is 0 Å². The number of anilines is 1. The van der Waals surface area contributed by atoms with Gasteiger partial charge in [0.15, 0.2) is 0 Å². The van der Waals surface area contributed by atoms with Crippen LogP contribution in [0.25, 0.3) is 11.1 Å². The Kier molecular flexibility index (Phi) is 9.10. The van der Waals surface area contributed by atoms with E-state index >= 15 is 0 Å². The highest BCUT2D eigenvalue weighted by atomic mass is 35.5. The molecule has 1 aliphatic rings. The summed E-state index contributed by atoms with van der Waals surface area (Å²) in [6, 6.07) is 20.7. The number of aliphatic hydroxyl groups excluding tert-OH is 1. The van der Waals surface area contributed by atoms with Gasteiger partial charge in [-0.3, -0.25) is 4.79 Å². The van der Waals surface area contributed by atoms with Crippen LogP contribution in [-0.4, -0.2) is 54.4 Å². The molecule has 0 spiro atoms. The Hall–Kier alpha value is -2.77. The number of halogens is 2. The number of aliphatic hydroxyl groups is 1. The third-order valence-electron chi connectivity index (χ3n) is 6.01. The van der Waals surface area contributed by atoms with Gasteiger partial charge in [-0.2, -0.15) is 0 Å². The summed E-state index contributed by atoms with van der Waals surface area (Å²) in [6.07, 6.45) is 1.27. The number of ether oxygens (including phenoxy) is 2. The lowest BCUT2D eigenvalue weighted by atomic mass is 10.0. The molecule has 36 heavy (non-hydrogen) atoms. The van der Waals surface area contributed by atoms with Crippen LogP contribution in [0, 0.1) is 0 Å². The molecule has 190 valence electrons. The van der Waals surface area contributed by atoms with Crippen LogP contribution in [0.4, 0.5) is 5.69 Å². The number of benzene rings is 3. The van der Waals surface area contributed by atoms with Crippen LogP contribution in [0.2, 0.25) is 10.0 Å². The van der Waals surface area contributed by atoms with Gasteiger partial charge in [0.25, 0.3) is 0 Å². The van der Waals surface area contributed by atoms with Crippen molar-refractivity contribution < 1.29 is 19.4 Å². The van der Waals surface area contributed by atoms with Crippen LogP contribution >= 0.6 is 23.2 Å². The van der Waals surface area contributed by atoms with Crippen molar-refractivity contribution in [2.75, 3.05) is 31.6 Å². The first kappa shape index (κ1) is 26.3. The number of likely N-dealkylation sites (tertiary alicyclic amines) is 1. The van der Waals surface area contributed by atoms with E-state index in [1.807, 2.05) is 54.6 Å². The monoisotopic (exact) mass is 528 g/mol. The summed E-state index contributed by atoms with van der Waals surface area (Å²) in [5.74, 6) is 1.32. The standard InChI is InChI=1S/C28H30Cl2N2O4/c1-19(33)31-22-4-2-3-21(15-22)20-5-7-24(8-6-20)35-18-23(34)17-32-13-11-25(12-14-32)36-26-9-10-27(29)28(30)16-26/h2-10,15-16,23,25,34H,11-14,17-18H2,1H3,(H,31,33). The average Bonchev–Trinajstić information content (AvgIpc) is 2.86. The summed E-state index contributed by atoms with van der Waals surface area (Å²) in [5.41, 5.74) is 2.77. The zero-order valence-electron chi connectivity index (χ0n) is 20.1. The fraction of sp³-hybridized carbons (Fsp3) is 0.321. The number of nitrogens with one attached hydrogen (secondary N) is 1. The number of amides is 1. The zero-order chi connectivity index (χ0) is 25.5. The lowest BCUT2D eigenvalue weighted by Crippen LogP contribution is -2.43.